The van der Waals surface area contributed by atoms with Crippen LogP contribution in [0.15, 0.2) is 66.7 Å². The molecule has 2 nitrogen and oxygen atoms in total. The van der Waals surface area contributed by atoms with E-state index in [0.29, 0.717) is 11.1 Å². The van der Waals surface area contributed by atoms with Gasteiger partial charge in [-0.3, -0.25) is 0 Å². The maximum Gasteiger partial charge on any atom is 0.418 e. The highest BCUT2D eigenvalue weighted by molar-refractivity contribution is 5.67. The van der Waals surface area contributed by atoms with E-state index in [0.717, 1.165) is 6.07 Å². The maximum atomic E-state index is 13.4. The molecule has 0 fully saturated rings. The minimum atomic E-state index is -4.50. The molecular formula is C17H11F3N2. The van der Waals surface area contributed by atoms with Crippen molar-refractivity contribution in [3.05, 3.63) is 72.3 Å². The zero-order chi connectivity index (χ0) is 15.6. The minimum Gasteiger partial charge on any atom is -0.166 e. The lowest BCUT2D eigenvalue weighted by Gasteiger charge is -2.13. The van der Waals surface area contributed by atoms with Crippen LogP contribution in [0.4, 0.5) is 13.2 Å². The molecular weight excluding hydrogens is 289 g/mol. The van der Waals surface area contributed by atoms with Gasteiger partial charge < -0.3 is 0 Å². The molecule has 3 rings (SSSR count). The summed E-state index contributed by atoms with van der Waals surface area (Å²) in [5.74, 6) is 0. The predicted molar refractivity (Wildman–Crippen MR) is 77.9 cm³/mol. The van der Waals surface area contributed by atoms with Crippen molar-refractivity contribution in [3.63, 3.8) is 0 Å². The van der Waals surface area contributed by atoms with Crippen LogP contribution in [-0.2, 0) is 6.18 Å². The van der Waals surface area contributed by atoms with Crippen molar-refractivity contribution in [2.24, 2.45) is 0 Å². The Kier molecular flexibility index (Phi) is 3.63. The van der Waals surface area contributed by atoms with Crippen LogP contribution >= 0.6 is 0 Å². The average molecular weight is 300 g/mol. The van der Waals surface area contributed by atoms with Gasteiger partial charge >= 0.3 is 6.18 Å². The fraction of sp³-hybridized carbons (Fsp3) is 0.0588. The minimum absolute atomic E-state index is 0.159. The molecule has 0 unspecified atom stereocenters. The van der Waals surface area contributed by atoms with E-state index >= 15 is 0 Å². The third-order valence-electron chi connectivity index (χ3n) is 3.22. The standard InChI is InChI=1S/C17H11F3N2/c18-17(19,20)14-11-15(12-7-3-1-4-8-12)21-22-16(14)13-9-5-2-6-10-13/h1-11H. The van der Waals surface area contributed by atoms with Crippen LogP contribution in [0.25, 0.3) is 22.5 Å². The lowest BCUT2D eigenvalue weighted by molar-refractivity contribution is -0.137. The van der Waals surface area contributed by atoms with E-state index < -0.39 is 11.7 Å². The normalized spacial score (nSPS) is 11.4. The van der Waals surface area contributed by atoms with Gasteiger partial charge in [0.05, 0.1) is 11.3 Å². The number of benzene rings is 2. The van der Waals surface area contributed by atoms with Crippen LogP contribution < -0.4 is 0 Å². The van der Waals surface area contributed by atoms with E-state index in [1.165, 1.54) is 0 Å². The van der Waals surface area contributed by atoms with Gasteiger partial charge in [-0.1, -0.05) is 60.7 Å². The van der Waals surface area contributed by atoms with E-state index in [-0.39, 0.29) is 11.4 Å². The number of nitrogens with zero attached hydrogens (tertiary/aromatic N) is 2. The Morgan fingerprint density at radius 3 is 1.77 bits per heavy atom. The lowest BCUT2D eigenvalue weighted by atomic mass is 10.0. The summed E-state index contributed by atoms with van der Waals surface area (Å²) < 4.78 is 40.1. The Balaban J connectivity index is 2.17. The Morgan fingerprint density at radius 2 is 1.23 bits per heavy atom. The van der Waals surface area contributed by atoms with Crippen LogP contribution in [0, 0.1) is 0 Å². The van der Waals surface area contributed by atoms with Crippen molar-refractivity contribution >= 4 is 0 Å². The molecule has 2 aromatic carbocycles. The summed E-state index contributed by atoms with van der Waals surface area (Å²) in [5.41, 5.74) is 0.245. The predicted octanol–water partition coefficient (Wildman–Crippen LogP) is 4.83. The SMILES string of the molecule is FC(F)(F)c1cc(-c2ccccc2)nnc1-c1ccccc1. The van der Waals surface area contributed by atoms with E-state index in [1.807, 2.05) is 0 Å². The van der Waals surface area contributed by atoms with Gasteiger partial charge in [0.15, 0.2) is 0 Å². The van der Waals surface area contributed by atoms with Crippen molar-refractivity contribution in [1.29, 1.82) is 0 Å². The van der Waals surface area contributed by atoms with Crippen LogP contribution in [0.5, 0.6) is 0 Å². The fourth-order valence-corrected chi connectivity index (χ4v) is 2.17. The highest BCUT2D eigenvalue weighted by Crippen LogP contribution is 2.37. The lowest BCUT2D eigenvalue weighted by Crippen LogP contribution is -2.10. The zero-order valence-corrected chi connectivity index (χ0v) is 11.4. The van der Waals surface area contributed by atoms with Gasteiger partial charge in [0.1, 0.15) is 5.69 Å². The molecule has 0 aliphatic heterocycles. The van der Waals surface area contributed by atoms with Crippen LogP contribution in [-0.4, -0.2) is 10.2 Å². The van der Waals surface area contributed by atoms with Crippen molar-refractivity contribution in [1.82, 2.24) is 10.2 Å². The van der Waals surface area contributed by atoms with Gasteiger partial charge in [-0.2, -0.15) is 13.2 Å². The molecule has 5 heteroatoms. The summed E-state index contributed by atoms with van der Waals surface area (Å²) in [6, 6.07) is 18.0. The molecule has 0 N–H and O–H groups in total. The van der Waals surface area contributed by atoms with Crippen molar-refractivity contribution in [2.45, 2.75) is 6.18 Å². The van der Waals surface area contributed by atoms with Crippen molar-refractivity contribution in [2.75, 3.05) is 0 Å². The number of hydrogen-bond acceptors (Lipinski definition) is 2. The number of hydrogen-bond donors (Lipinski definition) is 0. The van der Waals surface area contributed by atoms with Crippen LogP contribution in [0.2, 0.25) is 0 Å². The Labute approximate surface area is 125 Å². The molecule has 0 radical (unpaired) electrons. The fourth-order valence-electron chi connectivity index (χ4n) is 2.17. The number of alkyl halides is 3. The summed E-state index contributed by atoms with van der Waals surface area (Å²) in [4.78, 5) is 0. The van der Waals surface area contributed by atoms with Gasteiger partial charge in [-0.15, -0.1) is 10.2 Å². The van der Waals surface area contributed by atoms with Gasteiger partial charge in [0.25, 0.3) is 0 Å². The molecule has 0 spiro atoms. The molecule has 0 aliphatic rings. The first-order valence-corrected chi connectivity index (χ1v) is 6.61. The topological polar surface area (TPSA) is 25.8 Å². The van der Waals surface area contributed by atoms with E-state index in [2.05, 4.69) is 10.2 Å². The molecule has 1 aromatic heterocycles. The summed E-state index contributed by atoms with van der Waals surface area (Å²) in [5, 5.41) is 7.77. The first kappa shape index (κ1) is 14.3. The first-order valence-electron chi connectivity index (χ1n) is 6.61. The molecule has 0 atom stereocenters. The van der Waals surface area contributed by atoms with Gasteiger partial charge in [-0.25, -0.2) is 0 Å². The second-order valence-electron chi connectivity index (χ2n) is 4.72. The largest absolute Gasteiger partial charge is 0.418 e. The van der Waals surface area contributed by atoms with E-state index in [9.17, 15) is 13.2 Å². The van der Waals surface area contributed by atoms with Gasteiger partial charge in [-0.05, 0) is 6.07 Å². The van der Waals surface area contributed by atoms with Gasteiger partial charge in [0, 0.05) is 11.1 Å². The summed E-state index contributed by atoms with van der Waals surface area (Å²) in [7, 11) is 0. The second-order valence-corrected chi connectivity index (χ2v) is 4.72. The van der Waals surface area contributed by atoms with Gasteiger partial charge in [0.2, 0.25) is 0 Å². The van der Waals surface area contributed by atoms with Crippen LogP contribution in [0.3, 0.4) is 0 Å². The third kappa shape index (κ3) is 2.83. The van der Waals surface area contributed by atoms with Crippen molar-refractivity contribution < 1.29 is 13.2 Å². The summed E-state index contributed by atoms with van der Waals surface area (Å²) in [6.07, 6.45) is -4.50. The molecule has 0 amide bonds. The Morgan fingerprint density at radius 1 is 0.682 bits per heavy atom. The molecule has 0 bridgehead atoms. The molecule has 1 heterocycles. The second kappa shape index (κ2) is 5.60. The molecule has 0 saturated heterocycles. The number of aromatic nitrogens is 2. The zero-order valence-electron chi connectivity index (χ0n) is 11.4. The summed E-state index contributed by atoms with van der Waals surface area (Å²) in [6.45, 7) is 0. The van der Waals surface area contributed by atoms with Crippen LogP contribution in [0.1, 0.15) is 5.56 Å². The highest BCUT2D eigenvalue weighted by Gasteiger charge is 2.35. The van der Waals surface area contributed by atoms with E-state index in [1.54, 1.807) is 60.7 Å². The molecule has 22 heavy (non-hydrogen) atoms. The highest BCUT2D eigenvalue weighted by atomic mass is 19.4. The molecule has 110 valence electrons. The molecule has 0 saturated carbocycles. The third-order valence-corrected chi connectivity index (χ3v) is 3.22. The summed E-state index contributed by atoms with van der Waals surface area (Å²) >= 11 is 0. The Hall–Kier alpha value is -2.69. The average Bonchev–Trinajstić information content (AvgIpc) is 2.55. The molecule has 3 aromatic rings. The van der Waals surface area contributed by atoms with Crippen molar-refractivity contribution in [3.8, 4) is 22.5 Å². The number of rotatable bonds is 2. The monoisotopic (exact) mass is 300 g/mol. The number of halogens is 3. The molecule has 0 aliphatic carbocycles. The smallest absolute Gasteiger partial charge is 0.166 e. The van der Waals surface area contributed by atoms with E-state index in [4.69, 9.17) is 0 Å². The quantitative estimate of drug-likeness (QED) is 0.677. The maximum absolute atomic E-state index is 13.4. The first-order chi connectivity index (χ1) is 10.6. The Bertz CT molecular complexity index is 769.